The molecule has 0 spiro atoms. The molecule has 1 aliphatic carbocycles. The quantitative estimate of drug-likeness (QED) is 0.899. The Kier molecular flexibility index (Phi) is 4.84. The molecule has 4 heteroatoms. The summed E-state index contributed by atoms with van der Waals surface area (Å²) in [4.78, 5) is 16.6. The zero-order chi connectivity index (χ0) is 14.7. The van der Waals surface area contributed by atoms with Crippen LogP contribution in [0.5, 0.6) is 0 Å². The van der Waals surface area contributed by atoms with Crippen LogP contribution in [-0.2, 0) is 6.54 Å². The first-order valence-electron chi connectivity index (χ1n) is 7.84. The Bertz CT molecular complexity index is 495. The normalized spacial score (nSPS) is 26.1. The monoisotopic (exact) mass is 277 g/mol. The summed E-state index contributed by atoms with van der Waals surface area (Å²) in [5.74, 6) is 2.36. The van der Waals surface area contributed by atoms with Gasteiger partial charge in [0.15, 0.2) is 5.82 Å². The molecule has 0 aromatic carbocycles. The number of anilines is 1. The lowest BCUT2D eigenvalue weighted by Gasteiger charge is -2.21. The van der Waals surface area contributed by atoms with Gasteiger partial charge in [0.25, 0.3) is 5.56 Å². The van der Waals surface area contributed by atoms with E-state index in [1.54, 1.807) is 17.0 Å². The lowest BCUT2D eigenvalue weighted by Crippen LogP contribution is -2.32. The number of nitrogens with zero attached hydrogens (tertiary/aromatic N) is 2. The summed E-state index contributed by atoms with van der Waals surface area (Å²) in [6.07, 6.45) is 7.12. The first-order chi connectivity index (χ1) is 9.52. The maximum absolute atomic E-state index is 12.4. The lowest BCUT2D eigenvalue weighted by molar-refractivity contribution is 0.391. The summed E-state index contributed by atoms with van der Waals surface area (Å²) in [6, 6.07) is 0.384. The van der Waals surface area contributed by atoms with Crippen LogP contribution in [0.2, 0.25) is 0 Å². The Balaban J connectivity index is 2.12. The third-order valence-electron chi connectivity index (χ3n) is 4.55. The number of rotatable bonds is 5. The van der Waals surface area contributed by atoms with Crippen LogP contribution >= 0.6 is 0 Å². The number of aromatic nitrogens is 2. The Morgan fingerprint density at radius 1 is 1.45 bits per heavy atom. The molecule has 2 rings (SSSR count). The maximum atomic E-state index is 12.4. The second-order valence-electron chi connectivity index (χ2n) is 6.48. The third-order valence-corrected chi connectivity index (χ3v) is 4.55. The van der Waals surface area contributed by atoms with Gasteiger partial charge in [-0.1, -0.05) is 34.1 Å². The van der Waals surface area contributed by atoms with Crippen LogP contribution in [0, 0.1) is 17.8 Å². The van der Waals surface area contributed by atoms with Gasteiger partial charge in [0, 0.05) is 25.0 Å². The number of nitrogens with one attached hydrogen (secondary N) is 1. The second kappa shape index (κ2) is 6.42. The standard InChI is InChI=1S/C16H27N3O/c1-5-13-6-7-14(12(13)4)18-15-16(20)19(9-8-17-15)10-11(2)3/h8-9,11-14H,5-7,10H2,1-4H3,(H,17,18). The van der Waals surface area contributed by atoms with Crippen molar-refractivity contribution in [2.45, 2.75) is 59.5 Å². The van der Waals surface area contributed by atoms with Crippen LogP contribution in [0.1, 0.15) is 47.0 Å². The van der Waals surface area contributed by atoms with E-state index in [2.05, 4.69) is 38.0 Å². The van der Waals surface area contributed by atoms with Gasteiger partial charge in [0.2, 0.25) is 0 Å². The average molecular weight is 277 g/mol. The van der Waals surface area contributed by atoms with Gasteiger partial charge >= 0.3 is 0 Å². The third kappa shape index (κ3) is 3.22. The van der Waals surface area contributed by atoms with Crippen LogP contribution < -0.4 is 10.9 Å². The highest BCUT2D eigenvalue weighted by molar-refractivity contribution is 5.33. The van der Waals surface area contributed by atoms with Crippen molar-refractivity contribution in [2.75, 3.05) is 5.32 Å². The highest BCUT2D eigenvalue weighted by Crippen LogP contribution is 2.34. The number of hydrogen-bond acceptors (Lipinski definition) is 3. The van der Waals surface area contributed by atoms with Gasteiger partial charge in [0.05, 0.1) is 0 Å². The molecule has 0 aliphatic heterocycles. The van der Waals surface area contributed by atoms with Gasteiger partial charge < -0.3 is 9.88 Å². The van der Waals surface area contributed by atoms with Crippen LogP contribution in [0.25, 0.3) is 0 Å². The summed E-state index contributed by atoms with van der Waals surface area (Å²) >= 11 is 0. The minimum atomic E-state index is 0.00773. The molecule has 3 unspecified atom stereocenters. The average Bonchev–Trinajstić information content (AvgIpc) is 2.75. The zero-order valence-corrected chi connectivity index (χ0v) is 13.1. The van der Waals surface area contributed by atoms with Crippen molar-refractivity contribution in [1.82, 2.24) is 9.55 Å². The fourth-order valence-electron chi connectivity index (χ4n) is 3.29. The molecular formula is C16H27N3O. The molecule has 112 valence electrons. The molecule has 4 nitrogen and oxygen atoms in total. The van der Waals surface area contributed by atoms with Crippen molar-refractivity contribution in [3.63, 3.8) is 0 Å². The van der Waals surface area contributed by atoms with Crippen molar-refractivity contribution >= 4 is 5.82 Å². The Hall–Kier alpha value is -1.32. The van der Waals surface area contributed by atoms with Gasteiger partial charge in [-0.3, -0.25) is 4.79 Å². The smallest absolute Gasteiger partial charge is 0.293 e. The van der Waals surface area contributed by atoms with E-state index < -0.39 is 0 Å². The molecule has 1 saturated carbocycles. The SMILES string of the molecule is CCC1CCC(Nc2nccn(CC(C)C)c2=O)C1C. The van der Waals surface area contributed by atoms with Crippen molar-refractivity contribution in [1.29, 1.82) is 0 Å². The molecule has 1 aliphatic rings. The molecule has 0 radical (unpaired) electrons. The minimum absolute atomic E-state index is 0.00773. The van der Waals surface area contributed by atoms with Crippen LogP contribution in [0.15, 0.2) is 17.2 Å². The summed E-state index contributed by atoms with van der Waals surface area (Å²) in [7, 11) is 0. The van der Waals surface area contributed by atoms with Crippen LogP contribution in [-0.4, -0.2) is 15.6 Å². The molecule has 20 heavy (non-hydrogen) atoms. The molecule has 3 atom stereocenters. The van der Waals surface area contributed by atoms with Gasteiger partial charge in [-0.05, 0) is 30.6 Å². The predicted octanol–water partition coefficient (Wildman–Crippen LogP) is 3.14. The van der Waals surface area contributed by atoms with E-state index >= 15 is 0 Å². The maximum Gasteiger partial charge on any atom is 0.293 e. The highest BCUT2D eigenvalue weighted by Gasteiger charge is 2.32. The van der Waals surface area contributed by atoms with Crippen molar-refractivity contribution in [3.8, 4) is 0 Å². The molecule has 0 bridgehead atoms. The van der Waals surface area contributed by atoms with E-state index in [9.17, 15) is 4.79 Å². The zero-order valence-electron chi connectivity index (χ0n) is 13.1. The van der Waals surface area contributed by atoms with Crippen molar-refractivity contribution < 1.29 is 0 Å². The van der Waals surface area contributed by atoms with Gasteiger partial charge in [-0.15, -0.1) is 0 Å². The molecule has 1 aromatic rings. The molecule has 0 saturated heterocycles. The van der Waals surface area contributed by atoms with Gasteiger partial charge in [0.1, 0.15) is 0 Å². The van der Waals surface area contributed by atoms with Crippen molar-refractivity contribution in [3.05, 3.63) is 22.7 Å². The molecule has 1 aromatic heterocycles. The van der Waals surface area contributed by atoms with E-state index in [4.69, 9.17) is 0 Å². The Morgan fingerprint density at radius 3 is 2.80 bits per heavy atom. The molecule has 1 N–H and O–H groups in total. The Labute approximate surface area is 121 Å². The topological polar surface area (TPSA) is 46.9 Å². The first kappa shape index (κ1) is 15.1. The van der Waals surface area contributed by atoms with Crippen LogP contribution in [0.3, 0.4) is 0 Å². The van der Waals surface area contributed by atoms with Gasteiger partial charge in [-0.25, -0.2) is 4.98 Å². The highest BCUT2D eigenvalue weighted by atomic mass is 16.1. The molecular weight excluding hydrogens is 250 g/mol. The van der Waals surface area contributed by atoms with Crippen molar-refractivity contribution in [2.24, 2.45) is 17.8 Å². The Morgan fingerprint density at radius 2 is 2.20 bits per heavy atom. The predicted molar refractivity (Wildman–Crippen MR) is 82.9 cm³/mol. The second-order valence-corrected chi connectivity index (χ2v) is 6.48. The largest absolute Gasteiger partial charge is 0.362 e. The lowest BCUT2D eigenvalue weighted by atomic mass is 9.93. The number of hydrogen-bond donors (Lipinski definition) is 1. The summed E-state index contributed by atoms with van der Waals surface area (Å²) in [6.45, 7) is 9.51. The summed E-state index contributed by atoms with van der Waals surface area (Å²) in [5, 5.41) is 3.39. The van der Waals surface area contributed by atoms with E-state index in [0.29, 0.717) is 23.7 Å². The van der Waals surface area contributed by atoms with E-state index in [-0.39, 0.29) is 5.56 Å². The summed E-state index contributed by atoms with van der Waals surface area (Å²) < 4.78 is 1.76. The van der Waals surface area contributed by atoms with Gasteiger partial charge in [-0.2, -0.15) is 0 Å². The molecule has 1 fully saturated rings. The fourth-order valence-corrected chi connectivity index (χ4v) is 3.29. The minimum Gasteiger partial charge on any atom is -0.362 e. The van der Waals surface area contributed by atoms with E-state index in [1.807, 2.05) is 0 Å². The first-order valence-corrected chi connectivity index (χ1v) is 7.84. The fraction of sp³-hybridized carbons (Fsp3) is 0.750. The van der Waals surface area contributed by atoms with E-state index in [0.717, 1.165) is 18.9 Å². The molecule has 0 amide bonds. The van der Waals surface area contributed by atoms with E-state index in [1.165, 1.54) is 12.8 Å². The molecule has 1 heterocycles. The van der Waals surface area contributed by atoms with Crippen LogP contribution in [0.4, 0.5) is 5.82 Å². The summed E-state index contributed by atoms with van der Waals surface area (Å²) in [5.41, 5.74) is 0.00773.